The Morgan fingerprint density at radius 2 is 2.12 bits per heavy atom. The van der Waals surface area contributed by atoms with Gasteiger partial charge in [-0.3, -0.25) is 4.79 Å². The zero-order valence-electron chi connectivity index (χ0n) is 13.9. The lowest BCUT2D eigenvalue weighted by atomic mass is 10.1. The maximum absolute atomic E-state index is 12.1. The second-order valence-corrected chi connectivity index (χ2v) is 7.47. The quantitative estimate of drug-likeness (QED) is 0.639. The maximum Gasteiger partial charge on any atom is 0.277 e. The molecule has 130 valence electrons. The molecule has 1 amide bonds. The van der Waals surface area contributed by atoms with Crippen molar-refractivity contribution in [2.24, 2.45) is 0 Å². The van der Waals surface area contributed by atoms with Gasteiger partial charge in [0.25, 0.3) is 5.22 Å². The predicted octanol–water partition coefficient (Wildman–Crippen LogP) is 3.39. The maximum atomic E-state index is 12.1. The molecule has 25 heavy (non-hydrogen) atoms. The Morgan fingerprint density at radius 3 is 2.84 bits per heavy atom. The van der Waals surface area contributed by atoms with Crippen LogP contribution in [0.15, 0.2) is 45.4 Å². The fraction of sp³-hybridized carbons (Fsp3) is 0.294. The SMILES string of the molecule is Cc1nc(Cc2nnc(SCC(=O)N[C@@H](C)c3ccccc3)o2)cs1. The van der Waals surface area contributed by atoms with Gasteiger partial charge in [0.1, 0.15) is 0 Å². The van der Waals surface area contributed by atoms with Gasteiger partial charge in [-0.15, -0.1) is 21.5 Å². The van der Waals surface area contributed by atoms with E-state index in [9.17, 15) is 4.79 Å². The summed E-state index contributed by atoms with van der Waals surface area (Å²) in [6.45, 7) is 3.91. The lowest BCUT2D eigenvalue weighted by molar-refractivity contribution is -0.119. The minimum Gasteiger partial charge on any atom is -0.416 e. The van der Waals surface area contributed by atoms with Crippen LogP contribution in [0.1, 0.15) is 35.1 Å². The van der Waals surface area contributed by atoms with Crippen molar-refractivity contribution >= 4 is 29.0 Å². The number of nitrogens with zero attached hydrogens (tertiary/aromatic N) is 3. The van der Waals surface area contributed by atoms with E-state index >= 15 is 0 Å². The molecule has 1 atom stereocenters. The predicted molar refractivity (Wildman–Crippen MR) is 97.7 cm³/mol. The summed E-state index contributed by atoms with van der Waals surface area (Å²) in [7, 11) is 0. The number of carbonyl (C=O) groups is 1. The molecule has 3 rings (SSSR count). The first-order valence-electron chi connectivity index (χ1n) is 7.80. The number of hydrogen-bond donors (Lipinski definition) is 1. The number of benzene rings is 1. The van der Waals surface area contributed by atoms with E-state index in [0.717, 1.165) is 16.3 Å². The summed E-state index contributed by atoms with van der Waals surface area (Å²) < 4.78 is 5.56. The minimum atomic E-state index is -0.0729. The van der Waals surface area contributed by atoms with E-state index in [1.807, 2.05) is 49.6 Å². The van der Waals surface area contributed by atoms with E-state index in [0.29, 0.717) is 17.5 Å². The Bertz CT molecular complexity index is 832. The van der Waals surface area contributed by atoms with E-state index < -0.39 is 0 Å². The third-order valence-electron chi connectivity index (χ3n) is 3.45. The van der Waals surface area contributed by atoms with Crippen LogP contribution >= 0.6 is 23.1 Å². The van der Waals surface area contributed by atoms with Crippen LogP contribution in [-0.2, 0) is 11.2 Å². The number of thiazole rings is 1. The van der Waals surface area contributed by atoms with Crippen molar-refractivity contribution in [3.8, 4) is 0 Å². The molecule has 0 radical (unpaired) electrons. The van der Waals surface area contributed by atoms with E-state index in [2.05, 4.69) is 20.5 Å². The van der Waals surface area contributed by atoms with Crippen molar-refractivity contribution in [2.45, 2.75) is 31.5 Å². The van der Waals surface area contributed by atoms with Gasteiger partial charge in [0.05, 0.1) is 28.9 Å². The molecular formula is C17H18N4O2S2. The second-order valence-electron chi connectivity index (χ2n) is 5.48. The van der Waals surface area contributed by atoms with Crippen LogP contribution in [0.3, 0.4) is 0 Å². The second kappa shape index (κ2) is 8.26. The number of aryl methyl sites for hydroxylation is 1. The Morgan fingerprint density at radius 1 is 1.32 bits per heavy atom. The van der Waals surface area contributed by atoms with Crippen LogP contribution in [0.5, 0.6) is 0 Å². The largest absolute Gasteiger partial charge is 0.416 e. The molecule has 2 heterocycles. The molecule has 0 bridgehead atoms. The van der Waals surface area contributed by atoms with Crippen molar-refractivity contribution < 1.29 is 9.21 Å². The Kier molecular flexibility index (Phi) is 5.83. The van der Waals surface area contributed by atoms with Gasteiger partial charge in [-0.1, -0.05) is 42.1 Å². The van der Waals surface area contributed by atoms with E-state index in [1.54, 1.807) is 11.3 Å². The van der Waals surface area contributed by atoms with Crippen molar-refractivity contribution in [3.05, 3.63) is 57.9 Å². The molecule has 0 fully saturated rings. The number of hydrogen-bond acceptors (Lipinski definition) is 7. The van der Waals surface area contributed by atoms with Gasteiger partial charge in [0.2, 0.25) is 11.8 Å². The molecule has 0 saturated heterocycles. The van der Waals surface area contributed by atoms with Gasteiger partial charge >= 0.3 is 0 Å². The van der Waals surface area contributed by atoms with Crippen LogP contribution in [0.25, 0.3) is 0 Å². The highest BCUT2D eigenvalue weighted by Gasteiger charge is 2.13. The lowest BCUT2D eigenvalue weighted by Gasteiger charge is -2.13. The van der Waals surface area contributed by atoms with Gasteiger partial charge in [-0.25, -0.2) is 4.98 Å². The summed E-state index contributed by atoms with van der Waals surface area (Å²) in [6.07, 6.45) is 0.509. The monoisotopic (exact) mass is 374 g/mol. The van der Waals surface area contributed by atoms with Gasteiger partial charge in [-0.05, 0) is 19.4 Å². The summed E-state index contributed by atoms with van der Waals surface area (Å²) >= 11 is 2.82. The van der Waals surface area contributed by atoms with E-state index in [1.165, 1.54) is 11.8 Å². The van der Waals surface area contributed by atoms with E-state index in [4.69, 9.17) is 4.42 Å². The Labute approximate surface area is 154 Å². The van der Waals surface area contributed by atoms with Crippen LogP contribution in [0.2, 0.25) is 0 Å². The highest BCUT2D eigenvalue weighted by Crippen LogP contribution is 2.19. The summed E-state index contributed by atoms with van der Waals surface area (Å²) in [6, 6.07) is 9.80. The summed E-state index contributed by atoms with van der Waals surface area (Å²) in [5, 5.41) is 14.3. The summed E-state index contributed by atoms with van der Waals surface area (Å²) in [5.41, 5.74) is 1.98. The zero-order chi connectivity index (χ0) is 17.6. The highest BCUT2D eigenvalue weighted by atomic mass is 32.2. The molecule has 2 aromatic heterocycles. The fourth-order valence-electron chi connectivity index (χ4n) is 2.25. The van der Waals surface area contributed by atoms with Crippen molar-refractivity contribution in [1.29, 1.82) is 0 Å². The third-order valence-corrected chi connectivity index (χ3v) is 5.09. The number of nitrogens with one attached hydrogen (secondary N) is 1. The van der Waals surface area contributed by atoms with Gasteiger partial charge in [0.15, 0.2) is 0 Å². The first kappa shape index (κ1) is 17.6. The third kappa shape index (κ3) is 5.14. The van der Waals surface area contributed by atoms with Crippen LogP contribution < -0.4 is 5.32 Å². The number of amides is 1. The molecule has 0 aliphatic rings. The van der Waals surface area contributed by atoms with Crippen molar-refractivity contribution in [3.63, 3.8) is 0 Å². The fourth-order valence-corrected chi connectivity index (χ4v) is 3.45. The topological polar surface area (TPSA) is 80.9 Å². The van der Waals surface area contributed by atoms with Gasteiger partial charge < -0.3 is 9.73 Å². The van der Waals surface area contributed by atoms with Crippen LogP contribution in [-0.4, -0.2) is 26.8 Å². The number of aromatic nitrogens is 3. The smallest absolute Gasteiger partial charge is 0.277 e. The average Bonchev–Trinajstić information content (AvgIpc) is 3.23. The molecule has 8 heteroatoms. The Hall–Kier alpha value is -2.19. The van der Waals surface area contributed by atoms with Crippen LogP contribution in [0.4, 0.5) is 0 Å². The first-order valence-corrected chi connectivity index (χ1v) is 9.67. The van der Waals surface area contributed by atoms with Gasteiger partial charge in [-0.2, -0.15) is 0 Å². The number of rotatable bonds is 7. The summed E-state index contributed by atoms with van der Waals surface area (Å²) in [5.74, 6) is 0.663. The van der Waals surface area contributed by atoms with Crippen molar-refractivity contribution in [2.75, 3.05) is 5.75 Å². The normalized spacial score (nSPS) is 12.1. The van der Waals surface area contributed by atoms with Gasteiger partial charge in [0, 0.05) is 5.38 Å². The molecule has 3 aromatic rings. The molecule has 0 unspecified atom stereocenters. The molecule has 0 saturated carbocycles. The molecule has 1 aromatic carbocycles. The standard InChI is InChI=1S/C17H18N4O2S2/c1-11(13-6-4-3-5-7-13)18-15(22)10-25-17-21-20-16(23-17)8-14-9-24-12(2)19-14/h3-7,9,11H,8,10H2,1-2H3,(H,18,22)/t11-/m0/s1. The first-order chi connectivity index (χ1) is 12.1. The lowest BCUT2D eigenvalue weighted by Crippen LogP contribution is -2.28. The molecule has 0 spiro atoms. The molecule has 0 aliphatic carbocycles. The molecule has 6 nitrogen and oxygen atoms in total. The number of thioether (sulfide) groups is 1. The molecule has 1 N–H and O–H groups in total. The Balaban J connectivity index is 1.47. The van der Waals surface area contributed by atoms with Crippen molar-refractivity contribution in [1.82, 2.24) is 20.5 Å². The molecular weight excluding hydrogens is 356 g/mol. The summed E-state index contributed by atoms with van der Waals surface area (Å²) in [4.78, 5) is 16.4. The number of carbonyl (C=O) groups excluding carboxylic acids is 1. The minimum absolute atomic E-state index is 0.0412. The molecule has 0 aliphatic heterocycles. The zero-order valence-corrected chi connectivity index (χ0v) is 15.6. The van der Waals surface area contributed by atoms with E-state index in [-0.39, 0.29) is 17.7 Å². The van der Waals surface area contributed by atoms with Crippen LogP contribution in [0, 0.1) is 6.92 Å². The highest BCUT2D eigenvalue weighted by molar-refractivity contribution is 7.99. The average molecular weight is 374 g/mol.